The fourth-order valence-corrected chi connectivity index (χ4v) is 3.97. The SMILES string of the molecule is CO[SiH](CCCC1CCCC2OC12)OC. The van der Waals surface area contributed by atoms with Crippen LogP contribution >= 0.6 is 0 Å². The normalized spacial score (nSPS) is 34.2. The Labute approximate surface area is 93.9 Å². The molecule has 0 N–H and O–H groups in total. The Balaban J connectivity index is 1.61. The maximum Gasteiger partial charge on any atom is 0.320 e. The van der Waals surface area contributed by atoms with Gasteiger partial charge in [0.1, 0.15) is 0 Å². The Morgan fingerprint density at radius 3 is 2.80 bits per heavy atom. The molecule has 2 rings (SSSR count). The first-order valence-electron chi connectivity index (χ1n) is 6.06. The van der Waals surface area contributed by atoms with Crippen molar-refractivity contribution in [3.05, 3.63) is 0 Å². The Morgan fingerprint density at radius 1 is 1.27 bits per heavy atom. The molecule has 15 heavy (non-hydrogen) atoms. The molecule has 1 heterocycles. The smallest absolute Gasteiger partial charge is 0.320 e. The molecule has 3 atom stereocenters. The van der Waals surface area contributed by atoms with Gasteiger partial charge in [0.05, 0.1) is 12.2 Å². The summed E-state index contributed by atoms with van der Waals surface area (Å²) in [5.41, 5.74) is 0. The van der Waals surface area contributed by atoms with Crippen molar-refractivity contribution in [1.29, 1.82) is 0 Å². The standard InChI is InChI=1S/C11H22O3Si/c1-12-15(13-2)8-4-6-9-5-3-7-10-11(9)14-10/h9-11,15H,3-8H2,1-2H3. The van der Waals surface area contributed by atoms with Crippen LogP contribution in [0.5, 0.6) is 0 Å². The van der Waals surface area contributed by atoms with E-state index >= 15 is 0 Å². The van der Waals surface area contributed by atoms with E-state index in [2.05, 4.69) is 0 Å². The van der Waals surface area contributed by atoms with Gasteiger partial charge in [0.15, 0.2) is 0 Å². The van der Waals surface area contributed by atoms with Crippen LogP contribution in [0.15, 0.2) is 0 Å². The summed E-state index contributed by atoms with van der Waals surface area (Å²) >= 11 is 0. The molecule has 0 spiro atoms. The average Bonchev–Trinajstić information content (AvgIpc) is 3.04. The third-order valence-electron chi connectivity index (χ3n) is 3.69. The number of epoxide rings is 1. The molecule has 3 unspecified atom stereocenters. The topological polar surface area (TPSA) is 31.0 Å². The minimum Gasteiger partial charge on any atom is -0.400 e. The highest BCUT2D eigenvalue weighted by Crippen LogP contribution is 2.42. The van der Waals surface area contributed by atoms with Crippen LogP contribution in [0.25, 0.3) is 0 Å². The Morgan fingerprint density at radius 2 is 2.07 bits per heavy atom. The zero-order valence-electron chi connectivity index (χ0n) is 9.78. The molecular weight excluding hydrogens is 208 g/mol. The second kappa shape index (κ2) is 5.43. The molecule has 0 aromatic carbocycles. The summed E-state index contributed by atoms with van der Waals surface area (Å²) in [6.45, 7) is 0. The summed E-state index contributed by atoms with van der Waals surface area (Å²) in [4.78, 5) is 0. The Kier molecular flexibility index (Phi) is 4.19. The van der Waals surface area contributed by atoms with Crippen molar-refractivity contribution < 1.29 is 13.6 Å². The van der Waals surface area contributed by atoms with E-state index in [0.29, 0.717) is 12.2 Å². The van der Waals surface area contributed by atoms with Gasteiger partial charge in [0.2, 0.25) is 0 Å². The van der Waals surface area contributed by atoms with Gasteiger partial charge in [-0.2, -0.15) is 0 Å². The zero-order chi connectivity index (χ0) is 10.7. The second-order valence-corrected chi connectivity index (χ2v) is 7.04. The number of rotatable bonds is 6. The molecule has 1 aliphatic heterocycles. The van der Waals surface area contributed by atoms with Gasteiger partial charge in [-0.25, -0.2) is 0 Å². The molecule has 1 saturated carbocycles. The van der Waals surface area contributed by atoms with Gasteiger partial charge in [-0.05, 0) is 31.2 Å². The molecular formula is C11H22O3Si. The van der Waals surface area contributed by atoms with Crippen LogP contribution < -0.4 is 0 Å². The summed E-state index contributed by atoms with van der Waals surface area (Å²) in [5.74, 6) is 0.826. The zero-order valence-corrected chi connectivity index (χ0v) is 10.9. The van der Waals surface area contributed by atoms with Crippen LogP contribution in [-0.4, -0.2) is 35.7 Å². The van der Waals surface area contributed by atoms with Gasteiger partial charge in [0.25, 0.3) is 0 Å². The van der Waals surface area contributed by atoms with E-state index in [-0.39, 0.29) is 0 Å². The minimum atomic E-state index is -1.31. The van der Waals surface area contributed by atoms with Crippen molar-refractivity contribution in [2.24, 2.45) is 5.92 Å². The molecule has 2 aliphatic rings. The van der Waals surface area contributed by atoms with Crippen molar-refractivity contribution in [2.75, 3.05) is 14.2 Å². The molecule has 0 radical (unpaired) electrons. The van der Waals surface area contributed by atoms with Crippen molar-refractivity contribution in [3.8, 4) is 0 Å². The molecule has 1 aliphatic carbocycles. The van der Waals surface area contributed by atoms with Crippen LogP contribution in [-0.2, 0) is 13.6 Å². The van der Waals surface area contributed by atoms with Crippen molar-refractivity contribution in [2.45, 2.75) is 50.4 Å². The van der Waals surface area contributed by atoms with Gasteiger partial charge in [-0.3, -0.25) is 0 Å². The fraction of sp³-hybridized carbons (Fsp3) is 1.00. The highest BCUT2D eigenvalue weighted by atomic mass is 28.3. The van der Waals surface area contributed by atoms with Crippen molar-refractivity contribution in [1.82, 2.24) is 0 Å². The lowest BCUT2D eigenvalue weighted by atomic mass is 9.86. The summed E-state index contributed by atoms with van der Waals surface area (Å²) in [5, 5.41) is 0. The summed E-state index contributed by atoms with van der Waals surface area (Å²) < 4.78 is 16.3. The van der Waals surface area contributed by atoms with E-state index < -0.39 is 9.28 Å². The number of hydrogen-bond acceptors (Lipinski definition) is 3. The van der Waals surface area contributed by atoms with E-state index in [9.17, 15) is 0 Å². The van der Waals surface area contributed by atoms with Crippen molar-refractivity contribution >= 4 is 9.28 Å². The molecule has 0 aromatic rings. The first-order valence-corrected chi connectivity index (χ1v) is 7.82. The van der Waals surface area contributed by atoms with E-state index in [1.807, 2.05) is 0 Å². The minimum absolute atomic E-state index is 0.615. The van der Waals surface area contributed by atoms with E-state index in [1.54, 1.807) is 14.2 Å². The fourth-order valence-electron chi connectivity index (χ4n) is 2.74. The highest BCUT2D eigenvalue weighted by molar-refractivity contribution is 6.44. The molecule has 1 saturated heterocycles. The first-order chi connectivity index (χ1) is 7.35. The molecule has 4 heteroatoms. The lowest BCUT2D eigenvalue weighted by molar-refractivity contribution is 0.270. The van der Waals surface area contributed by atoms with Crippen LogP contribution in [0.4, 0.5) is 0 Å². The van der Waals surface area contributed by atoms with Gasteiger partial charge in [-0.15, -0.1) is 0 Å². The maximum atomic E-state index is 5.65. The lowest BCUT2D eigenvalue weighted by Crippen LogP contribution is -2.20. The van der Waals surface area contributed by atoms with Gasteiger partial charge < -0.3 is 13.6 Å². The second-order valence-electron chi connectivity index (χ2n) is 4.66. The summed E-state index contributed by atoms with van der Waals surface area (Å²) in [7, 11) is 2.22. The molecule has 2 fully saturated rings. The molecule has 88 valence electrons. The molecule has 3 nitrogen and oxygen atoms in total. The monoisotopic (exact) mass is 230 g/mol. The predicted molar refractivity (Wildman–Crippen MR) is 61.2 cm³/mol. The van der Waals surface area contributed by atoms with Crippen molar-refractivity contribution in [3.63, 3.8) is 0 Å². The van der Waals surface area contributed by atoms with Gasteiger partial charge in [-0.1, -0.05) is 12.8 Å². The quantitative estimate of drug-likeness (QED) is 0.515. The third kappa shape index (κ3) is 3.03. The molecule has 0 bridgehead atoms. The lowest BCUT2D eigenvalue weighted by Gasteiger charge is -2.18. The molecule has 0 amide bonds. The summed E-state index contributed by atoms with van der Waals surface area (Å²) in [6.07, 6.45) is 7.82. The number of ether oxygens (including phenoxy) is 1. The first kappa shape index (κ1) is 11.6. The number of hydrogen-bond donors (Lipinski definition) is 0. The van der Waals surface area contributed by atoms with E-state index in [0.717, 1.165) is 12.0 Å². The van der Waals surface area contributed by atoms with E-state index in [1.165, 1.54) is 32.1 Å². The van der Waals surface area contributed by atoms with Crippen LogP contribution in [0.3, 0.4) is 0 Å². The summed E-state index contributed by atoms with van der Waals surface area (Å²) in [6, 6.07) is 1.14. The highest BCUT2D eigenvalue weighted by Gasteiger charge is 2.46. The maximum absolute atomic E-state index is 5.65. The third-order valence-corrected chi connectivity index (χ3v) is 5.62. The predicted octanol–water partition coefficient (Wildman–Crippen LogP) is 1.85. The van der Waals surface area contributed by atoms with Gasteiger partial charge in [0, 0.05) is 14.2 Å². The largest absolute Gasteiger partial charge is 0.400 e. The Bertz CT molecular complexity index is 196. The van der Waals surface area contributed by atoms with Crippen LogP contribution in [0.1, 0.15) is 32.1 Å². The Hall–Kier alpha value is 0.0969. The average molecular weight is 230 g/mol. The van der Waals surface area contributed by atoms with Gasteiger partial charge >= 0.3 is 9.28 Å². The molecule has 0 aromatic heterocycles. The number of fused-ring (bicyclic) bond motifs is 1. The van der Waals surface area contributed by atoms with Crippen LogP contribution in [0.2, 0.25) is 6.04 Å². The van der Waals surface area contributed by atoms with E-state index in [4.69, 9.17) is 13.6 Å². The van der Waals surface area contributed by atoms with Crippen LogP contribution in [0, 0.1) is 5.92 Å².